The SMILES string of the molecule is Cc1cc(NC(=O)c2ccc(C)c(Nc3nccn3-c3cc(NCCN4CCOCC4)ncn3)c2)ccc1Cl. The Hall–Kier alpha value is -3.99. The standard InChI is InChI=1S/C28H31ClN8O2/c1-19-3-4-21(27(38)34-22-5-6-23(29)20(2)15-22)16-24(19)35-28-31-8-10-37(28)26-17-25(32-18-33-26)30-7-9-36-11-13-39-14-12-36/h3-6,8,10,15-18H,7,9,11-14H2,1-2H3,(H,31,35)(H,34,38)(H,30,32,33). The lowest BCUT2D eigenvalue weighted by Gasteiger charge is -2.26. The second kappa shape index (κ2) is 12.2. The highest BCUT2D eigenvalue weighted by molar-refractivity contribution is 6.31. The highest BCUT2D eigenvalue weighted by atomic mass is 35.5. The quantitative estimate of drug-likeness (QED) is 0.278. The van der Waals surface area contributed by atoms with Gasteiger partial charge in [-0.1, -0.05) is 17.7 Å². The zero-order valence-corrected chi connectivity index (χ0v) is 22.7. The van der Waals surface area contributed by atoms with Crippen molar-refractivity contribution in [1.82, 2.24) is 24.4 Å². The molecule has 3 heterocycles. The molecule has 5 rings (SSSR count). The summed E-state index contributed by atoms with van der Waals surface area (Å²) in [6.45, 7) is 9.02. The normalized spacial score (nSPS) is 13.7. The smallest absolute Gasteiger partial charge is 0.255 e. The number of hydrogen-bond donors (Lipinski definition) is 3. The molecule has 202 valence electrons. The van der Waals surface area contributed by atoms with Gasteiger partial charge in [0.25, 0.3) is 5.91 Å². The molecule has 10 nitrogen and oxygen atoms in total. The summed E-state index contributed by atoms with van der Waals surface area (Å²) in [5, 5.41) is 10.3. The Morgan fingerprint density at radius 3 is 2.69 bits per heavy atom. The predicted molar refractivity (Wildman–Crippen MR) is 154 cm³/mol. The average Bonchev–Trinajstić information content (AvgIpc) is 3.41. The molecule has 1 fully saturated rings. The van der Waals surface area contributed by atoms with Gasteiger partial charge < -0.3 is 20.7 Å². The van der Waals surface area contributed by atoms with Crippen LogP contribution in [0.25, 0.3) is 5.82 Å². The van der Waals surface area contributed by atoms with Gasteiger partial charge in [0.05, 0.1) is 13.2 Å². The molecule has 1 aliphatic heterocycles. The van der Waals surface area contributed by atoms with E-state index in [1.54, 1.807) is 24.4 Å². The maximum absolute atomic E-state index is 13.0. The monoisotopic (exact) mass is 546 g/mol. The van der Waals surface area contributed by atoms with Crippen molar-refractivity contribution < 1.29 is 9.53 Å². The first-order valence-corrected chi connectivity index (χ1v) is 13.2. The van der Waals surface area contributed by atoms with Gasteiger partial charge in [-0.3, -0.25) is 14.3 Å². The molecular weight excluding hydrogens is 516 g/mol. The molecule has 0 atom stereocenters. The Labute approximate surface area is 232 Å². The molecule has 11 heteroatoms. The fourth-order valence-corrected chi connectivity index (χ4v) is 4.38. The van der Waals surface area contributed by atoms with Crippen LogP contribution in [0.1, 0.15) is 21.5 Å². The van der Waals surface area contributed by atoms with E-state index in [0.717, 1.165) is 62.0 Å². The lowest BCUT2D eigenvalue weighted by molar-refractivity contribution is 0.0398. The summed E-state index contributed by atoms with van der Waals surface area (Å²) in [5.74, 6) is 1.76. The second-order valence-electron chi connectivity index (χ2n) is 9.34. The Kier molecular flexibility index (Phi) is 8.36. The maximum Gasteiger partial charge on any atom is 0.255 e. The number of halogens is 1. The van der Waals surface area contributed by atoms with E-state index in [4.69, 9.17) is 16.3 Å². The van der Waals surface area contributed by atoms with Gasteiger partial charge in [-0.2, -0.15) is 0 Å². The van der Waals surface area contributed by atoms with Crippen LogP contribution < -0.4 is 16.0 Å². The number of imidazole rings is 1. The van der Waals surface area contributed by atoms with Gasteiger partial charge in [-0.15, -0.1) is 0 Å². The number of anilines is 4. The lowest BCUT2D eigenvalue weighted by atomic mass is 10.1. The first-order valence-electron chi connectivity index (χ1n) is 12.8. The molecule has 39 heavy (non-hydrogen) atoms. The first kappa shape index (κ1) is 26.6. The van der Waals surface area contributed by atoms with Crippen LogP contribution in [-0.4, -0.2) is 69.7 Å². The first-order chi connectivity index (χ1) is 19.0. The summed E-state index contributed by atoms with van der Waals surface area (Å²) in [5.41, 5.74) is 3.83. The van der Waals surface area contributed by atoms with Gasteiger partial charge in [-0.25, -0.2) is 15.0 Å². The van der Waals surface area contributed by atoms with Gasteiger partial charge in [-0.05, 0) is 55.3 Å². The summed E-state index contributed by atoms with van der Waals surface area (Å²) in [6.07, 6.45) is 5.06. The number of aromatic nitrogens is 4. The number of rotatable bonds is 9. The van der Waals surface area contributed by atoms with E-state index in [1.165, 1.54) is 6.33 Å². The van der Waals surface area contributed by atoms with Crippen molar-refractivity contribution in [3.63, 3.8) is 0 Å². The van der Waals surface area contributed by atoms with Crippen LogP contribution in [-0.2, 0) is 4.74 Å². The third kappa shape index (κ3) is 6.72. The van der Waals surface area contributed by atoms with Crippen molar-refractivity contribution in [2.24, 2.45) is 0 Å². The number of nitrogens with one attached hydrogen (secondary N) is 3. The molecule has 0 saturated carbocycles. The van der Waals surface area contributed by atoms with E-state index in [1.807, 2.05) is 48.9 Å². The van der Waals surface area contributed by atoms with Crippen LogP contribution in [0, 0.1) is 13.8 Å². The van der Waals surface area contributed by atoms with E-state index >= 15 is 0 Å². The minimum atomic E-state index is -0.216. The molecule has 0 spiro atoms. The highest BCUT2D eigenvalue weighted by Crippen LogP contribution is 2.25. The molecule has 4 aromatic rings. The summed E-state index contributed by atoms with van der Waals surface area (Å²) >= 11 is 6.11. The third-order valence-electron chi connectivity index (χ3n) is 6.54. The van der Waals surface area contributed by atoms with E-state index < -0.39 is 0 Å². The number of hydrogen-bond acceptors (Lipinski definition) is 8. The minimum Gasteiger partial charge on any atom is -0.379 e. The molecule has 0 bridgehead atoms. The minimum absolute atomic E-state index is 0.216. The van der Waals surface area contributed by atoms with Crippen molar-refractivity contribution in [3.8, 4) is 5.82 Å². The molecule has 1 aliphatic rings. The van der Waals surface area contributed by atoms with Crippen molar-refractivity contribution in [2.45, 2.75) is 13.8 Å². The number of morpholine rings is 1. The van der Waals surface area contributed by atoms with Gasteiger partial charge in [0, 0.05) is 66.6 Å². The van der Waals surface area contributed by atoms with Crippen LogP contribution in [0.15, 0.2) is 61.2 Å². The Balaban J connectivity index is 1.27. The van der Waals surface area contributed by atoms with Crippen LogP contribution in [0.4, 0.5) is 23.1 Å². The Morgan fingerprint density at radius 2 is 1.87 bits per heavy atom. The number of benzene rings is 2. The van der Waals surface area contributed by atoms with Crippen LogP contribution in [0.3, 0.4) is 0 Å². The van der Waals surface area contributed by atoms with Crippen molar-refractivity contribution in [2.75, 3.05) is 55.3 Å². The largest absolute Gasteiger partial charge is 0.379 e. The lowest BCUT2D eigenvalue weighted by Crippen LogP contribution is -2.39. The Bertz CT molecular complexity index is 1450. The number of aryl methyl sites for hydroxylation is 2. The van der Waals surface area contributed by atoms with E-state index in [-0.39, 0.29) is 5.91 Å². The van der Waals surface area contributed by atoms with Crippen LogP contribution in [0.2, 0.25) is 5.02 Å². The number of carbonyl (C=O) groups excluding carboxylic acids is 1. The van der Waals surface area contributed by atoms with Crippen molar-refractivity contribution in [1.29, 1.82) is 0 Å². The molecule has 1 amide bonds. The topological polar surface area (TPSA) is 109 Å². The molecule has 0 radical (unpaired) electrons. The van der Waals surface area contributed by atoms with Gasteiger partial charge in [0.2, 0.25) is 5.95 Å². The summed E-state index contributed by atoms with van der Waals surface area (Å²) in [6, 6.07) is 12.8. The zero-order valence-electron chi connectivity index (χ0n) is 21.9. The molecule has 0 aliphatic carbocycles. The van der Waals surface area contributed by atoms with E-state index in [2.05, 4.69) is 35.8 Å². The second-order valence-corrected chi connectivity index (χ2v) is 9.74. The zero-order chi connectivity index (χ0) is 27.2. The molecule has 3 N–H and O–H groups in total. The van der Waals surface area contributed by atoms with E-state index in [9.17, 15) is 4.79 Å². The van der Waals surface area contributed by atoms with Crippen LogP contribution in [0.5, 0.6) is 0 Å². The molecule has 2 aromatic carbocycles. The van der Waals surface area contributed by atoms with Crippen molar-refractivity contribution in [3.05, 3.63) is 82.9 Å². The average molecular weight is 547 g/mol. The highest BCUT2D eigenvalue weighted by Gasteiger charge is 2.14. The Morgan fingerprint density at radius 1 is 1.03 bits per heavy atom. The number of nitrogens with zero attached hydrogens (tertiary/aromatic N) is 5. The fraction of sp³-hybridized carbons (Fsp3) is 0.286. The van der Waals surface area contributed by atoms with E-state index in [0.29, 0.717) is 28.0 Å². The number of amides is 1. The van der Waals surface area contributed by atoms with Crippen LogP contribution >= 0.6 is 11.6 Å². The molecule has 2 aromatic heterocycles. The molecule has 0 unspecified atom stereocenters. The third-order valence-corrected chi connectivity index (χ3v) is 6.96. The van der Waals surface area contributed by atoms with Gasteiger partial charge >= 0.3 is 0 Å². The van der Waals surface area contributed by atoms with Crippen molar-refractivity contribution >= 4 is 40.6 Å². The fourth-order valence-electron chi connectivity index (χ4n) is 4.27. The molecule has 1 saturated heterocycles. The maximum atomic E-state index is 13.0. The number of ether oxygens (including phenoxy) is 1. The summed E-state index contributed by atoms with van der Waals surface area (Å²) < 4.78 is 7.26. The number of carbonyl (C=O) groups is 1. The summed E-state index contributed by atoms with van der Waals surface area (Å²) in [7, 11) is 0. The van der Waals surface area contributed by atoms with Gasteiger partial charge in [0.15, 0.2) is 0 Å². The summed E-state index contributed by atoms with van der Waals surface area (Å²) in [4.78, 5) is 28.6. The molecular formula is C28H31ClN8O2. The van der Waals surface area contributed by atoms with Gasteiger partial charge in [0.1, 0.15) is 18.0 Å². The predicted octanol–water partition coefficient (Wildman–Crippen LogP) is 4.67.